The van der Waals surface area contributed by atoms with Crippen LogP contribution in [-0.4, -0.2) is 47.3 Å². The molecule has 1 atom stereocenters. The monoisotopic (exact) mass is 244 g/mol. The minimum atomic E-state index is -0.332. The van der Waals surface area contributed by atoms with Crippen molar-refractivity contribution in [3.8, 4) is 0 Å². The Kier molecular flexibility index (Phi) is 4.10. The molecule has 3 N–H and O–H groups in total. The van der Waals surface area contributed by atoms with Gasteiger partial charge in [-0.25, -0.2) is 0 Å². The molecule has 1 saturated heterocycles. The number of hydrogen-bond donors (Lipinski definition) is 3. The molecule has 16 heavy (non-hydrogen) atoms. The summed E-state index contributed by atoms with van der Waals surface area (Å²) in [5.74, 6) is 1.98. The Bertz CT molecular complexity index is 248. The van der Waals surface area contributed by atoms with Gasteiger partial charge in [-0.2, -0.15) is 11.8 Å². The van der Waals surface area contributed by atoms with Crippen LogP contribution >= 0.6 is 11.8 Å². The van der Waals surface area contributed by atoms with Crippen molar-refractivity contribution in [3.05, 3.63) is 0 Å². The fourth-order valence-corrected chi connectivity index (χ4v) is 3.39. The maximum absolute atomic E-state index is 12.0. The third-order valence-corrected chi connectivity index (χ3v) is 4.55. The molecule has 4 nitrogen and oxygen atoms in total. The Balaban J connectivity index is 1.89. The summed E-state index contributed by atoms with van der Waals surface area (Å²) in [5.41, 5.74) is -0.332. The van der Waals surface area contributed by atoms with E-state index in [2.05, 4.69) is 10.6 Å². The van der Waals surface area contributed by atoms with Gasteiger partial charge < -0.3 is 15.7 Å². The lowest BCUT2D eigenvalue weighted by Crippen LogP contribution is -2.57. The topological polar surface area (TPSA) is 61.4 Å². The van der Waals surface area contributed by atoms with Gasteiger partial charge in [0.2, 0.25) is 5.91 Å². The third-order valence-electron chi connectivity index (χ3n) is 3.49. The van der Waals surface area contributed by atoms with Gasteiger partial charge in [0.1, 0.15) is 0 Å². The van der Waals surface area contributed by atoms with Crippen LogP contribution in [0.1, 0.15) is 25.7 Å². The van der Waals surface area contributed by atoms with Gasteiger partial charge in [-0.1, -0.05) is 12.8 Å². The molecular weight excluding hydrogens is 224 g/mol. The van der Waals surface area contributed by atoms with E-state index >= 15 is 0 Å². The number of amides is 1. The lowest BCUT2D eigenvalue weighted by molar-refractivity contribution is -0.125. The van der Waals surface area contributed by atoms with Crippen LogP contribution in [0.5, 0.6) is 0 Å². The van der Waals surface area contributed by atoms with Gasteiger partial charge >= 0.3 is 0 Å². The molecule has 2 aliphatic rings. The van der Waals surface area contributed by atoms with Crippen molar-refractivity contribution >= 4 is 17.7 Å². The van der Waals surface area contributed by atoms with Crippen LogP contribution in [0.3, 0.4) is 0 Å². The van der Waals surface area contributed by atoms with Crippen LogP contribution in [0.2, 0.25) is 0 Å². The largest absolute Gasteiger partial charge is 0.394 e. The van der Waals surface area contributed by atoms with E-state index in [0.717, 1.165) is 43.7 Å². The number of carbonyl (C=O) groups excluding carboxylic acids is 1. The molecule has 2 rings (SSSR count). The van der Waals surface area contributed by atoms with E-state index in [-0.39, 0.29) is 24.1 Å². The first-order valence-corrected chi connectivity index (χ1v) is 7.15. The predicted molar refractivity (Wildman–Crippen MR) is 65.5 cm³/mol. The number of aliphatic hydroxyl groups is 1. The SMILES string of the molecule is O=C(NC1(CO)CCCC1)C1CSCCN1. The Hall–Kier alpha value is -0.260. The van der Waals surface area contributed by atoms with E-state index in [4.69, 9.17) is 0 Å². The van der Waals surface area contributed by atoms with Crippen LogP contribution < -0.4 is 10.6 Å². The minimum absolute atomic E-state index is 0.0585. The van der Waals surface area contributed by atoms with Gasteiger partial charge in [-0.3, -0.25) is 4.79 Å². The molecule has 0 aromatic rings. The highest BCUT2D eigenvalue weighted by Gasteiger charge is 2.36. The Labute approximate surface area is 101 Å². The Morgan fingerprint density at radius 2 is 2.25 bits per heavy atom. The Morgan fingerprint density at radius 1 is 1.50 bits per heavy atom. The van der Waals surface area contributed by atoms with E-state index in [1.54, 1.807) is 0 Å². The maximum atomic E-state index is 12.0. The average Bonchev–Trinajstić information content (AvgIpc) is 2.79. The molecule has 1 aliphatic carbocycles. The molecule has 1 unspecified atom stereocenters. The smallest absolute Gasteiger partial charge is 0.238 e. The maximum Gasteiger partial charge on any atom is 0.238 e. The minimum Gasteiger partial charge on any atom is -0.394 e. The molecule has 1 aliphatic heterocycles. The average molecular weight is 244 g/mol. The standard InChI is InChI=1S/C11H20N2O2S/c14-8-11(3-1-2-4-11)13-10(15)9-7-16-6-5-12-9/h9,12,14H,1-8H2,(H,13,15). The van der Waals surface area contributed by atoms with Gasteiger partial charge in [0.25, 0.3) is 0 Å². The van der Waals surface area contributed by atoms with Crippen LogP contribution in [0, 0.1) is 0 Å². The zero-order valence-corrected chi connectivity index (χ0v) is 10.3. The number of nitrogens with one attached hydrogen (secondary N) is 2. The van der Waals surface area contributed by atoms with Crippen molar-refractivity contribution in [2.75, 3.05) is 24.7 Å². The summed E-state index contributed by atoms with van der Waals surface area (Å²) < 4.78 is 0. The van der Waals surface area contributed by atoms with E-state index in [0.29, 0.717) is 0 Å². The first kappa shape index (κ1) is 12.2. The van der Waals surface area contributed by atoms with Crippen molar-refractivity contribution in [1.29, 1.82) is 0 Å². The van der Waals surface area contributed by atoms with Crippen LogP contribution in [0.15, 0.2) is 0 Å². The van der Waals surface area contributed by atoms with Gasteiger partial charge in [0.05, 0.1) is 18.2 Å². The number of hydrogen-bond acceptors (Lipinski definition) is 4. The highest BCUT2D eigenvalue weighted by atomic mass is 32.2. The second kappa shape index (κ2) is 5.38. The van der Waals surface area contributed by atoms with Gasteiger partial charge in [0, 0.05) is 18.1 Å². The number of thioether (sulfide) groups is 1. The first-order valence-electron chi connectivity index (χ1n) is 6.00. The number of rotatable bonds is 3. The summed E-state index contributed by atoms with van der Waals surface area (Å²) >= 11 is 1.81. The molecule has 0 aromatic carbocycles. The molecule has 0 aromatic heterocycles. The second-order valence-electron chi connectivity index (χ2n) is 4.72. The van der Waals surface area contributed by atoms with Gasteiger partial charge in [0.15, 0.2) is 0 Å². The van der Waals surface area contributed by atoms with Gasteiger partial charge in [-0.05, 0) is 12.8 Å². The molecule has 2 fully saturated rings. The third kappa shape index (κ3) is 2.70. The van der Waals surface area contributed by atoms with Crippen molar-refractivity contribution in [2.24, 2.45) is 0 Å². The summed E-state index contributed by atoms with van der Waals surface area (Å²) in [5, 5.41) is 15.7. The molecule has 1 heterocycles. The molecule has 5 heteroatoms. The molecule has 0 radical (unpaired) electrons. The van der Waals surface area contributed by atoms with Crippen LogP contribution in [-0.2, 0) is 4.79 Å². The van der Waals surface area contributed by atoms with Crippen molar-refractivity contribution in [2.45, 2.75) is 37.3 Å². The predicted octanol–water partition coefficient (Wildman–Crippen LogP) is 0.113. The molecule has 1 saturated carbocycles. The first-order chi connectivity index (χ1) is 7.76. The van der Waals surface area contributed by atoms with Crippen molar-refractivity contribution in [3.63, 3.8) is 0 Å². The highest BCUT2D eigenvalue weighted by Crippen LogP contribution is 2.29. The zero-order valence-electron chi connectivity index (χ0n) is 9.50. The summed E-state index contributed by atoms with van der Waals surface area (Å²) in [7, 11) is 0. The summed E-state index contributed by atoms with van der Waals surface area (Å²) in [6.45, 7) is 0.966. The number of aliphatic hydroxyl groups excluding tert-OH is 1. The fourth-order valence-electron chi connectivity index (χ4n) is 2.46. The molecule has 92 valence electrons. The number of carbonyl (C=O) groups is 1. The Morgan fingerprint density at radius 3 is 2.81 bits per heavy atom. The van der Waals surface area contributed by atoms with E-state index < -0.39 is 0 Å². The normalized spacial score (nSPS) is 28.9. The highest BCUT2D eigenvalue weighted by molar-refractivity contribution is 7.99. The fraction of sp³-hybridized carbons (Fsp3) is 0.909. The lowest BCUT2D eigenvalue weighted by atomic mass is 9.98. The summed E-state index contributed by atoms with van der Waals surface area (Å²) in [6.07, 6.45) is 4.03. The molecule has 1 amide bonds. The zero-order chi connectivity index (χ0) is 11.4. The van der Waals surface area contributed by atoms with Crippen LogP contribution in [0.4, 0.5) is 0 Å². The van der Waals surface area contributed by atoms with Crippen molar-refractivity contribution < 1.29 is 9.90 Å². The second-order valence-corrected chi connectivity index (χ2v) is 5.87. The van der Waals surface area contributed by atoms with E-state index in [9.17, 15) is 9.90 Å². The van der Waals surface area contributed by atoms with Crippen LogP contribution in [0.25, 0.3) is 0 Å². The van der Waals surface area contributed by atoms with E-state index in [1.165, 1.54) is 0 Å². The summed E-state index contributed by atoms with van der Waals surface area (Å²) in [4.78, 5) is 12.0. The molecule has 0 bridgehead atoms. The lowest BCUT2D eigenvalue weighted by Gasteiger charge is -2.31. The van der Waals surface area contributed by atoms with E-state index in [1.807, 2.05) is 11.8 Å². The van der Waals surface area contributed by atoms with Crippen molar-refractivity contribution in [1.82, 2.24) is 10.6 Å². The molecule has 0 spiro atoms. The summed E-state index contributed by atoms with van der Waals surface area (Å²) in [6, 6.07) is -0.0808. The quantitative estimate of drug-likeness (QED) is 0.659. The molecular formula is C11H20N2O2S. The van der Waals surface area contributed by atoms with Gasteiger partial charge in [-0.15, -0.1) is 0 Å².